The number of hydrogen-bond acceptors (Lipinski definition) is 6. The average Bonchev–Trinajstić information content (AvgIpc) is 3.07. The summed E-state index contributed by atoms with van der Waals surface area (Å²) >= 11 is 6.26. The van der Waals surface area contributed by atoms with E-state index in [2.05, 4.69) is 15.2 Å². The van der Waals surface area contributed by atoms with Gasteiger partial charge in [0.15, 0.2) is 11.5 Å². The lowest BCUT2D eigenvalue weighted by Crippen LogP contribution is -2.00. The highest BCUT2D eigenvalue weighted by molar-refractivity contribution is 6.33. The average molecular weight is 368 g/mol. The molecule has 2 heterocycles. The molecule has 0 aliphatic heterocycles. The zero-order valence-electron chi connectivity index (χ0n) is 13.4. The lowest BCUT2D eigenvalue weighted by molar-refractivity contribution is -0.384. The van der Waals surface area contributed by atoms with Crippen molar-refractivity contribution in [2.24, 2.45) is 0 Å². The first-order chi connectivity index (χ1) is 12.5. The number of aromatic nitrogens is 4. The molecule has 0 spiro atoms. The number of benzene rings is 2. The maximum Gasteiger partial charge on any atom is 0.281 e. The molecule has 128 valence electrons. The SMILES string of the molecule is Cc1nc2ccc(C=O)cc2n2c(-c3c(Cl)cccc3[N+](=O)[O-])nnc12. The van der Waals surface area contributed by atoms with E-state index >= 15 is 0 Å². The number of rotatable bonds is 3. The molecule has 0 fully saturated rings. The van der Waals surface area contributed by atoms with Crippen molar-refractivity contribution in [1.82, 2.24) is 19.6 Å². The normalized spacial score (nSPS) is 11.2. The Morgan fingerprint density at radius 2 is 2.04 bits per heavy atom. The van der Waals surface area contributed by atoms with E-state index in [9.17, 15) is 14.9 Å². The molecule has 9 heteroatoms. The molecule has 26 heavy (non-hydrogen) atoms. The zero-order valence-corrected chi connectivity index (χ0v) is 14.1. The van der Waals surface area contributed by atoms with Gasteiger partial charge in [0, 0.05) is 11.6 Å². The Hall–Kier alpha value is -3.39. The molecule has 0 unspecified atom stereocenters. The predicted molar refractivity (Wildman–Crippen MR) is 95.5 cm³/mol. The van der Waals surface area contributed by atoms with Crippen molar-refractivity contribution in [1.29, 1.82) is 0 Å². The van der Waals surface area contributed by atoms with Crippen LogP contribution in [0.2, 0.25) is 5.02 Å². The van der Waals surface area contributed by atoms with Crippen LogP contribution in [0.3, 0.4) is 0 Å². The smallest absolute Gasteiger partial charge is 0.281 e. The molecule has 0 bridgehead atoms. The van der Waals surface area contributed by atoms with Crippen LogP contribution in [-0.2, 0) is 0 Å². The second-order valence-electron chi connectivity index (χ2n) is 5.64. The van der Waals surface area contributed by atoms with Crippen molar-refractivity contribution in [3.8, 4) is 11.4 Å². The Labute approximate surface area is 151 Å². The van der Waals surface area contributed by atoms with Gasteiger partial charge in [0.05, 0.1) is 26.7 Å². The van der Waals surface area contributed by atoms with Crippen LogP contribution in [0, 0.1) is 17.0 Å². The van der Waals surface area contributed by atoms with Crippen LogP contribution >= 0.6 is 11.6 Å². The molecule has 0 aliphatic rings. The highest BCUT2D eigenvalue weighted by atomic mass is 35.5. The molecule has 0 saturated carbocycles. The second-order valence-corrected chi connectivity index (χ2v) is 6.04. The first-order valence-corrected chi connectivity index (χ1v) is 7.93. The van der Waals surface area contributed by atoms with Crippen LogP contribution in [0.25, 0.3) is 28.1 Å². The predicted octanol–water partition coefficient (Wildman–Crippen LogP) is 3.63. The van der Waals surface area contributed by atoms with Gasteiger partial charge in [0.25, 0.3) is 5.69 Å². The maximum atomic E-state index is 11.5. The summed E-state index contributed by atoms with van der Waals surface area (Å²) in [4.78, 5) is 26.6. The molecule has 0 N–H and O–H groups in total. The van der Waals surface area contributed by atoms with E-state index in [1.165, 1.54) is 12.1 Å². The van der Waals surface area contributed by atoms with Crippen molar-refractivity contribution in [2.45, 2.75) is 6.92 Å². The summed E-state index contributed by atoms with van der Waals surface area (Å²) in [5.74, 6) is 0.218. The van der Waals surface area contributed by atoms with Crippen LogP contribution in [-0.4, -0.2) is 30.8 Å². The molecule has 0 atom stereocenters. The molecule has 0 aliphatic carbocycles. The van der Waals surface area contributed by atoms with Crippen LogP contribution in [0.4, 0.5) is 5.69 Å². The molecule has 8 nitrogen and oxygen atoms in total. The zero-order chi connectivity index (χ0) is 18.4. The van der Waals surface area contributed by atoms with Crippen LogP contribution < -0.4 is 0 Å². The number of aryl methyl sites for hydroxylation is 1. The Balaban J connectivity index is 2.20. The maximum absolute atomic E-state index is 11.5. The Kier molecular flexibility index (Phi) is 3.62. The van der Waals surface area contributed by atoms with Crippen LogP contribution in [0.5, 0.6) is 0 Å². The molecule has 0 saturated heterocycles. The van der Waals surface area contributed by atoms with Gasteiger partial charge in [0.2, 0.25) is 0 Å². The third kappa shape index (κ3) is 2.31. The van der Waals surface area contributed by atoms with Gasteiger partial charge in [-0.3, -0.25) is 19.3 Å². The second kappa shape index (κ2) is 5.85. The summed E-state index contributed by atoms with van der Waals surface area (Å²) in [5, 5.41) is 19.9. The van der Waals surface area contributed by atoms with Crippen molar-refractivity contribution >= 4 is 40.3 Å². The number of nitro groups is 1. The highest BCUT2D eigenvalue weighted by Crippen LogP contribution is 2.36. The van der Waals surface area contributed by atoms with Crippen LogP contribution in [0.15, 0.2) is 36.4 Å². The lowest BCUT2D eigenvalue weighted by Gasteiger charge is -2.08. The fourth-order valence-electron chi connectivity index (χ4n) is 2.91. The van der Waals surface area contributed by atoms with Crippen molar-refractivity contribution < 1.29 is 9.72 Å². The molecular weight excluding hydrogens is 358 g/mol. The number of nitrogens with zero attached hydrogens (tertiary/aromatic N) is 5. The van der Waals surface area contributed by atoms with Crippen molar-refractivity contribution in [3.63, 3.8) is 0 Å². The van der Waals surface area contributed by atoms with Crippen LogP contribution in [0.1, 0.15) is 16.1 Å². The molecule has 2 aromatic carbocycles. The standard InChI is InChI=1S/C17H10ClN5O3/c1-9-16-20-21-17(15-11(18)3-2-4-13(15)23(25)26)22(16)14-7-10(8-24)5-6-12(14)19-9/h2-8H,1H3. The van der Waals surface area contributed by atoms with Crippen molar-refractivity contribution in [2.75, 3.05) is 0 Å². The monoisotopic (exact) mass is 367 g/mol. The summed E-state index contributed by atoms with van der Waals surface area (Å²) in [7, 11) is 0. The summed E-state index contributed by atoms with van der Waals surface area (Å²) in [5.41, 5.74) is 2.63. The number of nitro benzene ring substituents is 1. The van der Waals surface area contributed by atoms with E-state index in [0.29, 0.717) is 34.2 Å². The molecule has 4 aromatic rings. The van der Waals surface area contributed by atoms with E-state index < -0.39 is 4.92 Å². The first kappa shape index (κ1) is 16.1. The van der Waals surface area contributed by atoms with Gasteiger partial charge in [-0.2, -0.15) is 0 Å². The summed E-state index contributed by atoms with van der Waals surface area (Å²) in [6.45, 7) is 1.77. The number of aldehydes is 1. The minimum Gasteiger partial charge on any atom is -0.298 e. The third-order valence-corrected chi connectivity index (χ3v) is 4.38. The van der Waals surface area contributed by atoms with Gasteiger partial charge >= 0.3 is 0 Å². The fraction of sp³-hybridized carbons (Fsp3) is 0.0588. The lowest BCUT2D eigenvalue weighted by atomic mass is 10.1. The number of hydrogen-bond donors (Lipinski definition) is 0. The minimum absolute atomic E-state index is 0.162. The molecule has 0 radical (unpaired) electrons. The number of fused-ring (bicyclic) bond motifs is 3. The number of carbonyl (C=O) groups is 1. The quantitative estimate of drug-likeness (QED) is 0.311. The third-order valence-electron chi connectivity index (χ3n) is 4.06. The molecule has 4 rings (SSSR count). The van der Waals surface area contributed by atoms with E-state index in [1.54, 1.807) is 35.6 Å². The van der Waals surface area contributed by atoms with Gasteiger partial charge in [-0.1, -0.05) is 17.7 Å². The van der Waals surface area contributed by atoms with Gasteiger partial charge in [-0.15, -0.1) is 10.2 Å². The van der Waals surface area contributed by atoms with Gasteiger partial charge in [-0.25, -0.2) is 4.98 Å². The van der Waals surface area contributed by atoms with E-state index in [1.807, 2.05) is 0 Å². The van der Waals surface area contributed by atoms with Gasteiger partial charge < -0.3 is 0 Å². The summed E-state index contributed by atoms with van der Waals surface area (Å²) in [6, 6.07) is 9.40. The summed E-state index contributed by atoms with van der Waals surface area (Å²) in [6.07, 6.45) is 0.715. The largest absolute Gasteiger partial charge is 0.298 e. The summed E-state index contributed by atoms with van der Waals surface area (Å²) < 4.78 is 1.64. The van der Waals surface area contributed by atoms with Gasteiger partial charge in [-0.05, 0) is 31.2 Å². The van der Waals surface area contributed by atoms with E-state index in [-0.39, 0.29) is 22.1 Å². The highest BCUT2D eigenvalue weighted by Gasteiger charge is 2.24. The Morgan fingerprint density at radius 1 is 1.23 bits per heavy atom. The van der Waals surface area contributed by atoms with Gasteiger partial charge in [0.1, 0.15) is 11.8 Å². The Bertz CT molecular complexity index is 1220. The molecule has 2 aromatic heterocycles. The van der Waals surface area contributed by atoms with E-state index in [0.717, 1.165) is 0 Å². The topological polar surface area (TPSA) is 103 Å². The first-order valence-electron chi connectivity index (χ1n) is 7.55. The fourth-order valence-corrected chi connectivity index (χ4v) is 3.17. The Morgan fingerprint density at radius 3 is 2.77 bits per heavy atom. The van der Waals surface area contributed by atoms with E-state index in [4.69, 9.17) is 11.6 Å². The number of carbonyl (C=O) groups excluding carboxylic acids is 1. The molecular formula is C17H10ClN5O3. The van der Waals surface area contributed by atoms with Crippen molar-refractivity contribution in [3.05, 3.63) is 62.8 Å². The molecule has 0 amide bonds. The minimum atomic E-state index is -0.518. The number of halogens is 1.